The molecule has 0 radical (unpaired) electrons. The molecule has 1 amide bonds. The average Bonchev–Trinajstić information content (AvgIpc) is 3.17. The van der Waals surface area contributed by atoms with E-state index >= 15 is 0 Å². The number of ketones is 1. The number of carbonyl (C=O) groups is 2. The third kappa shape index (κ3) is 4.59. The molecule has 0 aliphatic carbocycles. The zero-order valence-corrected chi connectivity index (χ0v) is 17.2. The van der Waals surface area contributed by atoms with Crippen LogP contribution in [0.25, 0.3) is 11.0 Å². The van der Waals surface area contributed by atoms with E-state index in [1.807, 2.05) is 0 Å². The molecule has 0 spiro atoms. The first-order valence-corrected chi connectivity index (χ1v) is 10.3. The first-order chi connectivity index (χ1) is 14.9. The highest BCUT2D eigenvalue weighted by Gasteiger charge is 2.25. The van der Waals surface area contributed by atoms with E-state index in [0.717, 1.165) is 37.0 Å². The van der Waals surface area contributed by atoms with Crippen molar-refractivity contribution in [2.24, 2.45) is 0 Å². The smallest absolute Gasteiger partial charge is 0.255 e. The van der Waals surface area contributed by atoms with Gasteiger partial charge in [0.1, 0.15) is 11.6 Å². The number of phenols is 1. The van der Waals surface area contributed by atoms with Crippen molar-refractivity contribution in [3.8, 4) is 5.75 Å². The number of likely N-dealkylation sites (tertiary alicyclic amines) is 1. The van der Waals surface area contributed by atoms with Gasteiger partial charge in [-0.1, -0.05) is 11.2 Å². The number of nitrogens with one attached hydrogen (secondary N) is 1. The van der Waals surface area contributed by atoms with Gasteiger partial charge in [-0.15, -0.1) is 0 Å². The summed E-state index contributed by atoms with van der Waals surface area (Å²) in [6.45, 7) is 4.25. The van der Waals surface area contributed by atoms with Crippen LogP contribution in [0.1, 0.15) is 52.1 Å². The summed E-state index contributed by atoms with van der Waals surface area (Å²) in [6.07, 6.45) is 1.81. The molecule has 0 saturated carbocycles. The van der Waals surface area contributed by atoms with E-state index in [1.54, 1.807) is 6.07 Å². The van der Waals surface area contributed by atoms with Crippen LogP contribution in [0.4, 0.5) is 4.39 Å². The van der Waals surface area contributed by atoms with Crippen molar-refractivity contribution >= 4 is 22.7 Å². The second kappa shape index (κ2) is 8.85. The van der Waals surface area contributed by atoms with E-state index < -0.39 is 0 Å². The quantitative estimate of drug-likeness (QED) is 0.587. The molecule has 3 aromatic rings. The van der Waals surface area contributed by atoms with Crippen molar-refractivity contribution in [3.05, 3.63) is 59.0 Å². The molecule has 2 aromatic carbocycles. The first-order valence-electron chi connectivity index (χ1n) is 10.3. The van der Waals surface area contributed by atoms with Crippen LogP contribution in [0.15, 0.2) is 40.9 Å². The van der Waals surface area contributed by atoms with E-state index in [9.17, 15) is 19.1 Å². The maximum Gasteiger partial charge on any atom is 0.255 e. The van der Waals surface area contributed by atoms with Crippen LogP contribution >= 0.6 is 0 Å². The van der Waals surface area contributed by atoms with Crippen LogP contribution in [0, 0.1) is 5.82 Å². The Labute approximate surface area is 178 Å². The standard InChI is InChI=1S/C23H24FN3O4/c1-14(28)16-2-4-18(20(29)12-16)23(30)25-8-11-27-9-6-15(7-10-27)22-19-5-3-17(24)13-21(19)31-26-22/h2-5,12-13,15,29H,6-11H2,1H3,(H,25,30). The van der Waals surface area contributed by atoms with Gasteiger partial charge in [0.25, 0.3) is 5.91 Å². The number of nitrogens with zero attached hydrogens (tertiary/aromatic N) is 2. The maximum atomic E-state index is 13.3. The number of benzene rings is 2. The van der Waals surface area contributed by atoms with Crippen LogP contribution < -0.4 is 5.32 Å². The molecular formula is C23H24FN3O4. The number of carbonyl (C=O) groups excluding carboxylic acids is 2. The Kier molecular flexibility index (Phi) is 5.99. The predicted octanol–water partition coefficient (Wildman–Crippen LogP) is 3.48. The number of amides is 1. The predicted molar refractivity (Wildman–Crippen MR) is 113 cm³/mol. The van der Waals surface area contributed by atoms with Gasteiger partial charge >= 0.3 is 0 Å². The Hall–Kier alpha value is -3.26. The fraction of sp³-hybridized carbons (Fsp3) is 0.348. The molecule has 7 nitrogen and oxygen atoms in total. The number of rotatable bonds is 6. The van der Waals surface area contributed by atoms with Crippen molar-refractivity contribution < 1.29 is 23.6 Å². The summed E-state index contributed by atoms with van der Waals surface area (Å²) in [5.74, 6) is -0.824. The lowest BCUT2D eigenvalue weighted by Gasteiger charge is -2.31. The fourth-order valence-electron chi connectivity index (χ4n) is 4.02. The van der Waals surface area contributed by atoms with Crippen LogP contribution in [-0.4, -0.2) is 53.0 Å². The second-order valence-electron chi connectivity index (χ2n) is 7.87. The molecule has 1 saturated heterocycles. The van der Waals surface area contributed by atoms with Crippen LogP contribution in [-0.2, 0) is 0 Å². The van der Waals surface area contributed by atoms with Gasteiger partial charge in [-0.3, -0.25) is 9.59 Å². The van der Waals surface area contributed by atoms with Gasteiger partial charge in [-0.25, -0.2) is 4.39 Å². The number of aromatic nitrogens is 1. The molecular weight excluding hydrogens is 401 g/mol. The summed E-state index contributed by atoms with van der Waals surface area (Å²) in [5, 5.41) is 17.9. The van der Waals surface area contributed by atoms with Gasteiger partial charge in [-0.05, 0) is 57.1 Å². The second-order valence-corrected chi connectivity index (χ2v) is 7.87. The van der Waals surface area contributed by atoms with E-state index in [2.05, 4.69) is 15.4 Å². The van der Waals surface area contributed by atoms with E-state index in [0.29, 0.717) is 24.2 Å². The van der Waals surface area contributed by atoms with Crippen molar-refractivity contribution in [2.75, 3.05) is 26.2 Å². The highest BCUT2D eigenvalue weighted by atomic mass is 19.1. The highest BCUT2D eigenvalue weighted by Crippen LogP contribution is 2.32. The molecule has 0 unspecified atom stereocenters. The number of aromatic hydroxyl groups is 1. The van der Waals surface area contributed by atoms with Crippen molar-refractivity contribution in [1.29, 1.82) is 0 Å². The normalized spacial score (nSPS) is 15.3. The Balaban J connectivity index is 1.27. The molecule has 0 bridgehead atoms. The molecule has 162 valence electrons. The van der Waals surface area contributed by atoms with Gasteiger partial charge in [0.15, 0.2) is 11.4 Å². The lowest BCUT2D eigenvalue weighted by molar-refractivity contribution is 0.0940. The Morgan fingerprint density at radius 2 is 2.00 bits per heavy atom. The molecule has 31 heavy (non-hydrogen) atoms. The number of halogens is 1. The van der Waals surface area contributed by atoms with Crippen LogP contribution in [0.3, 0.4) is 0 Å². The van der Waals surface area contributed by atoms with Gasteiger partial charge in [0.2, 0.25) is 0 Å². The average molecular weight is 425 g/mol. The summed E-state index contributed by atoms with van der Waals surface area (Å²) < 4.78 is 18.6. The maximum absolute atomic E-state index is 13.3. The van der Waals surface area contributed by atoms with E-state index in [4.69, 9.17) is 4.52 Å². The monoisotopic (exact) mass is 425 g/mol. The van der Waals surface area contributed by atoms with Gasteiger partial charge in [0.05, 0.1) is 11.3 Å². The van der Waals surface area contributed by atoms with Gasteiger partial charge in [-0.2, -0.15) is 0 Å². The molecule has 4 rings (SSSR count). The number of fused-ring (bicyclic) bond motifs is 1. The largest absolute Gasteiger partial charge is 0.507 e. The highest BCUT2D eigenvalue weighted by molar-refractivity contribution is 6.00. The third-order valence-electron chi connectivity index (χ3n) is 5.80. The zero-order chi connectivity index (χ0) is 22.0. The van der Waals surface area contributed by atoms with Crippen LogP contribution in [0.2, 0.25) is 0 Å². The lowest BCUT2D eigenvalue weighted by Crippen LogP contribution is -2.39. The van der Waals surface area contributed by atoms with Gasteiger partial charge < -0.3 is 19.8 Å². The van der Waals surface area contributed by atoms with Crippen molar-refractivity contribution in [1.82, 2.24) is 15.4 Å². The minimum Gasteiger partial charge on any atom is -0.507 e. The minimum absolute atomic E-state index is 0.151. The molecule has 2 N–H and O–H groups in total. The topological polar surface area (TPSA) is 95.7 Å². The Morgan fingerprint density at radius 1 is 1.23 bits per heavy atom. The molecule has 2 heterocycles. The third-order valence-corrected chi connectivity index (χ3v) is 5.80. The van der Waals surface area contributed by atoms with Crippen molar-refractivity contribution in [3.63, 3.8) is 0 Å². The molecule has 1 aliphatic heterocycles. The molecule has 1 aromatic heterocycles. The summed E-state index contributed by atoms with van der Waals surface area (Å²) in [4.78, 5) is 25.9. The summed E-state index contributed by atoms with van der Waals surface area (Å²) in [7, 11) is 0. The van der Waals surface area contributed by atoms with Gasteiger partial charge in [0, 0.05) is 36.0 Å². The van der Waals surface area contributed by atoms with E-state index in [1.165, 1.54) is 37.3 Å². The van der Waals surface area contributed by atoms with E-state index in [-0.39, 0.29) is 34.7 Å². The Morgan fingerprint density at radius 3 is 2.71 bits per heavy atom. The van der Waals surface area contributed by atoms with Crippen molar-refractivity contribution in [2.45, 2.75) is 25.7 Å². The SMILES string of the molecule is CC(=O)c1ccc(C(=O)NCCN2CCC(c3noc4cc(F)ccc34)CC2)c(O)c1. The molecule has 8 heteroatoms. The number of hydrogen-bond acceptors (Lipinski definition) is 6. The summed E-state index contributed by atoms with van der Waals surface area (Å²) >= 11 is 0. The Bertz CT molecular complexity index is 1120. The zero-order valence-electron chi connectivity index (χ0n) is 17.2. The number of Topliss-reactive ketones (excluding diaryl/α,β-unsaturated/α-hetero) is 1. The summed E-state index contributed by atoms with van der Waals surface area (Å²) in [5.41, 5.74) is 1.87. The molecule has 0 atom stereocenters. The van der Waals surface area contributed by atoms with Crippen LogP contribution in [0.5, 0.6) is 5.75 Å². The summed E-state index contributed by atoms with van der Waals surface area (Å²) in [6, 6.07) is 8.80. The number of hydrogen-bond donors (Lipinski definition) is 2. The lowest BCUT2D eigenvalue weighted by atomic mass is 9.91. The molecule has 1 fully saturated rings. The number of piperidine rings is 1. The fourth-order valence-corrected chi connectivity index (χ4v) is 4.02. The first kappa shape index (κ1) is 21.0. The minimum atomic E-state index is -0.371. The number of phenolic OH excluding ortho intramolecular Hbond substituents is 1. The molecule has 1 aliphatic rings.